The first kappa shape index (κ1) is 38.5. The molecule has 13 aromatic rings. The van der Waals surface area contributed by atoms with E-state index in [1.807, 2.05) is 12.1 Å². The highest BCUT2D eigenvalue weighted by atomic mass is 16.3. The maximum atomic E-state index is 6.41. The fourth-order valence-electron chi connectivity index (χ4n) is 10.2. The van der Waals surface area contributed by atoms with Crippen molar-refractivity contribution in [1.29, 1.82) is 0 Å². The topological polar surface area (TPSA) is 21.3 Å². The van der Waals surface area contributed by atoms with Crippen LogP contribution < -0.4 is 4.90 Å². The standard InChI is InChI=1S/C64H42N2O/c1-2-20-53-46(14-1)15-13-25-54(53)48-17-12-18-51(41-48)65(60-26-7-3-21-55(60)49-36-39-59-58-24-6-10-29-63(58)67-64(59)42-49)50-37-34-44(35-38-50)43-30-32-45(33-31-43)47-16-11-19-52(40-47)66-61-27-8-4-22-56(61)57-23-5-9-28-62(57)66/h1-42H. The van der Waals surface area contributed by atoms with E-state index >= 15 is 0 Å². The molecule has 2 aromatic heterocycles. The fourth-order valence-corrected chi connectivity index (χ4v) is 10.2. The Labute approximate surface area is 388 Å². The summed E-state index contributed by atoms with van der Waals surface area (Å²) in [6, 6.07) is 91.9. The normalized spacial score (nSPS) is 11.6. The highest BCUT2D eigenvalue weighted by molar-refractivity contribution is 6.09. The molecule has 0 fully saturated rings. The van der Waals surface area contributed by atoms with E-state index < -0.39 is 0 Å². The summed E-state index contributed by atoms with van der Waals surface area (Å²) in [5.74, 6) is 0. The summed E-state index contributed by atoms with van der Waals surface area (Å²) in [5, 5.41) is 7.24. The van der Waals surface area contributed by atoms with Crippen molar-refractivity contribution in [3.05, 3.63) is 255 Å². The van der Waals surface area contributed by atoms with Crippen molar-refractivity contribution in [2.75, 3.05) is 4.90 Å². The van der Waals surface area contributed by atoms with Gasteiger partial charge in [-0.25, -0.2) is 0 Å². The molecule has 0 radical (unpaired) electrons. The first-order chi connectivity index (χ1) is 33.2. The van der Waals surface area contributed by atoms with E-state index in [2.05, 4.69) is 252 Å². The van der Waals surface area contributed by atoms with Crippen molar-refractivity contribution in [2.24, 2.45) is 0 Å². The number of furan rings is 1. The number of anilines is 3. The van der Waals surface area contributed by atoms with Gasteiger partial charge in [-0.2, -0.15) is 0 Å². The van der Waals surface area contributed by atoms with Crippen LogP contribution in [0, 0.1) is 0 Å². The molecular formula is C64H42N2O. The van der Waals surface area contributed by atoms with Crippen LogP contribution in [0.3, 0.4) is 0 Å². The van der Waals surface area contributed by atoms with Crippen molar-refractivity contribution in [1.82, 2.24) is 4.57 Å². The van der Waals surface area contributed by atoms with E-state index in [-0.39, 0.29) is 0 Å². The molecule has 0 spiro atoms. The monoisotopic (exact) mass is 854 g/mol. The van der Waals surface area contributed by atoms with Gasteiger partial charge in [-0.15, -0.1) is 0 Å². The second kappa shape index (κ2) is 16.0. The van der Waals surface area contributed by atoms with Crippen LogP contribution in [0.25, 0.3) is 105 Å². The average molecular weight is 855 g/mol. The summed E-state index contributed by atoms with van der Waals surface area (Å²) in [6.07, 6.45) is 0. The zero-order valence-electron chi connectivity index (χ0n) is 36.6. The van der Waals surface area contributed by atoms with E-state index in [1.165, 1.54) is 49.3 Å². The molecule has 0 bridgehead atoms. The lowest BCUT2D eigenvalue weighted by Gasteiger charge is -2.28. The van der Waals surface area contributed by atoms with Crippen molar-refractivity contribution in [3.8, 4) is 50.2 Å². The third-order valence-electron chi connectivity index (χ3n) is 13.4. The third kappa shape index (κ3) is 6.67. The Balaban J connectivity index is 0.878. The van der Waals surface area contributed by atoms with E-state index in [0.717, 1.165) is 72.5 Å². The molecule has 0 atom stereocenters. The predicted molar refractivity (Wildman–Crippen MR) is 282 cm³/mol. The molecule has 0 aliphatic rings. The molecule has 13 rings (SSSR count). The van der Waals surface area contributed by atoms with E-state index in [9.17, 15) is 0 Å². The van der Waals surface area contributed by atoms with E-state index in [1.54, 1.807) is 0 Å². The summed E-state index contributed by atoms with van der Waals surface area (Å²) in [4.78, 5) is 2.39. The Morgan fingerprint density at radius 1 is 0.299 bits per heavy atom. The molecule has 0 aliphatic carbocycles. The molecule has 2 heterocycles. The summed E-state index contributed by atoms with van der Waals surface area (Å²) in [7, 11) is 0. The van der Waals surface area contributed by atoms with Crippen LogP contribution in [-0.4, -0.2) is 4.57 Å². The van der Waals surface area contributed by atoms with Crippen LogP contribution in [0.15, 0.2) is 259 Å². The van der Waals surface area contributed by atoms with Gasteiger partial charge in [0.2, 0.25) is 0 Å². The number of rotatable bonds is 8. The fraction of sp³-hybridized carbons (Fsp3) is 0. The number of para-hydroxylation sites is 4. The molecule has 0 saturated heterocycles. The first-order valence-electron chi connectivity index (χ1n) is 22.9. The van der Waals surface area contributed by atoms with Gasteiger partial charge < -0.3 is 13.9 Å². The summed E-state index contributed by atoms with van der Waals surface area (Å²) in [5.41, 5.74) is 17.8. The highest BCUT2D eigenvalue weighted by Gasteiger charge is 2.20. The molecule has 3 heteroatoms. The number of hydrogen-bond acceptors (Lipinski definition) is 2. The first-order valence-corrected chi connectivity index (χ1v) is 22.9. The number of aromatic nitrogens is 1. The zero-order chi connectivity index (χ0) is 44.3. The summed E-state index contributed by atoms with van der Waals surface area (Å²) in [6.45, 7) is 0. The Kier molecular flexibility index (Phi) is 9.17. The molecule has 11 aromatic carbocycles. The molecule has 0 N–H and O–H groups in total. The highest BCUT2D eigenvalue weighted by Crippen LogP contribution is 2.44. The number of hydrogen-bond donors (Lipinski definition) is 0. The van der Waals surface area contributed by atoms with Crippen LogP contribution in [-0.2, 0) is 0 Å². The van der Waals surface area contributed by atoms with Gasteiger partial charge in [0.05, 0.1) is 16.7 Å². The van der Waals surface area contributed by atoms with Gasteiger partial charge in [-0.3, -0.25) is 0 Å². The quantitative estimate of drug-likeness (QED) is 0.152. The lowest BCUT2D eigenvalue weighted by Crippen LogP contribution is -2.11. The van der Waals surface area contributed by atoms with Crippen molar-refractivity contribution >= 4 is 71.6 Å². The molecule has 0 unspecified atom stereocenters. The van der Waals surface area contributed by atoms with Crippen LogP contribution in [0.5, 0.6) is 0 Å². The lowest BCUT2D eigenvalue weighted by atomic mass is 9.96. The third-order valence-corrected chi connectivity index (χ3v) is 13.4. The molecule has 314 valence electrons. The summed E-state index contributed by atoms with van der Waals surface area (Å²) >= 11 is 0. The SMILES string of the molecule is c1cc(-c2cccc3ccccc23)cc(N(c2ccc(-c3ccc(-c4cccc(-n5c6ccccc6c6ccccc65)c4)cc3)cc2)c2ccccc2-c2ccc3c(c2)oc2ccccc23)c1. The van der Waals surface area contributed by atoms with Crippen LogP contribution in [0.1, 0.15) is 0 Å². The molecule has 3 nitrogen and oxygen atoms in total. The number of benzene rings is 11. The number of nitrogens with zero attached hydrogens (tertiary/aromatic N) is 2. The molecule has 0 saturated carbocycles. The van der Waals surface area contributed by atoms with Gasteiger partial charge in [0.1, 0.15) is 11.2 Å². The second-order valence-electron chi connectivity index (χ2n) is 17.3. The maximum absolute atomic E-state index is 6.41. The van der Waals surface area contributed by atoms with Gasteiger partial charge in [0, 0.05) is 44.2 Å². The van der Waals surface area contributed by atoms with E-state index in [0.29, 0.717) is 0 Å². The molecule has 0 aliphatic heterocycles. The Bertz CT molecular complexity index is 3930. The van der Waals surface area contributed by atoms with Crippen molar-refractivity contribution in [3.63, 3.8) is 0 Å². The maximum Gasteiger partial charge on any atom is 0.136 e. The van der Waals surface area contributed by atoms with Crippen LogP contribution >= 0.6 is 0 Å². The van der Waals surface area contributed by atoms with Crippen molar-refractivity contribution in [2.45, 2.75) is 0 Å². The minimum atomic E-state index is 0.879. The molecular weight excluding hydrogens is 813 g/mol. The van der Waals surface area contributed by atoms with Gasteiger partial charge >= 0.3 is 0 Å². The summed E-state index contributed by atoms with van der Waals surface area (Å²) < 4.78 is 8.79. The average Bonchev–Trinajstić information content (AvgIpc) is 3.95. The second-order valence-corrected chi connectivity index (χ2v) is 17.3. The Morgan fingerprint density at radius 2 is 0.836 bits per heavy atom. The Hall–Kier alpha value is -8.92. The van der Waals surface area contributed by atoms with Crippen molar-refractivity contribution < 1.29 is 4.42 Å². The van der Waals surface area contributed by atoms with Gasteiger partial charge in [-0.1, -0.05) is 182 Å². The minimum Gasteiger partial charge on any atom is -0.456 e. The van der Waals surface area contributed by atoms with Crippen LogP contribution in [0.2, 0.25) is 0 Å². The lowest BCUT2D eigenvalue weighted by molar-refractivity contribution is 0.669. The molecule has 67 heavy (non-hydrogen) atoms. The van der Waals surface area contributed by atoms with Gasteiger partial charge in [-0.05, 0) is 123 Å². The number of fused-ring (bicyclic) bond motifs is 7. The van der Waals surface area contributed by atoms with E-state index in [4.69, 9.17) is 4.42 Å². The smallest absolute Gasteiger partial charge is 0.136 e. The zero-order valence-corrected chi connectivity index (χ0v) is 36.6. The largest absolute Gasteiger partial charge is 0.456 e. The predicted octanol–water partition coefficient (Wildman–Crippen LogP) is 18.0. The van der Waals surface area contributed by atoms with Gasteiger partial charge in [0.25, 0.3) is 0 Å². The van der Waals surface area contributed by atoms with Gasteiger partial charge in [0.15, 0.2) is 0 Å². The minimum absolute atomic E-state index is 0.879. The Morgan fingerprint density at radius 3 is 1.63 bits per heavy atom. The molecule has 0 amide bonds. The van der Waals surface area contributed by atoms with Crippen LogP contribution in [0.4, 0.5) is 17.1 Å².